The van der Waals surface area contributed by atoms with Crippen molar-refractivity contribution in [1.29, 1.82) is 0 Å². The second-order valence-electron chi connectivity index (χ2n) is 20.1. The lowest BCUT2D eigenvalue weighted by atomic mass is 9.33. The van der Waals surface area contributed by atoms with Crippen molar-refractivity contribution in [3.8, 4) is 0 Å². The summed E-state index contributed by atoms with van der Waals surface area (Å²) in [5, 5.41) is 9.62. The zero-order valence-corrected chi connectivity index (χ0v) is 33.5. The summed E-state index contributed by atoms with van der Waals surface area (Å²) in [6.45, 7) is 20.5. The molecule has 6 aliphatic rings. The van der Waals surface area contributed by atoms with Crippen LogP contribution in [0.3, 0.4) is 0 Å². The molecule has 1 saturated heterocycles. The third-order valence-corrected chi connectivity index (χ3v) is 16.4. The summed E-state index contributed by atoms with van der Waals surface area (Å²) in [5.41, 5.74) is 1.30. The number of hydrogen-bond donors (Lipinski definition) is 1. The summed E-state index contributed by atoms with van der Waals surface area (Å²) in [6.07, 6.45) is 8.87. The summed E-state index contributed by atoms with van der Waals surface area (Å²) in [7, 11) is 0. The highest BCUT2D eigenvalue weighted by molar-refractivity contribution is 6.01. The number of ketones is 1. The standard InChI is InChI=1S/C44H62N2O7/c1-26(2)35-29(47)22-44(33-25-46(38(51)53-33)24-27-12-10-11-21-45-27)20-19-42(8)28(36(35)44)13-14-31-41(7)17-16-32(52-34(48)23-39(3,4)37(49)50)40(5,6)30(41)15-18-43(31,42)9/h10-12,21,26,28,30-33H,13-20,22-25H2,1-9H3,(H,49,50)/t28-,30+,31-,32+,33+,41+,42-,43-,44+/m1/s1. The molecule has 0 aromatic carbocycles. The summed E-state index contributed by atoms with van der Waals surface area (Å²) in [6, 6.07) is 5.74. The van der Waals surface area contributed by atoms with Crippen LogP contribution in [0.1, 0.15) is 132 Å². The molecular formula is C44H62N2O7. The lowest BCUT2D eigenvalue weighted by molar-refractivity contribution is -0.234. The number of carbonyl (C=O) groups is 4. The predicted octanol–water partition coefficient (Wildman–Crippen LogP) is 8.80. The van der Waals surface area contributed by atoms with Gasteiger partial charge in [0, 0.05) is 23.4 Å². The van der Waals surface area contributed by atoms with Crippen molar-refractivity contribution in [2.75, 3.05) is 6.54 Å². The van der Waals surface area contributed by atoms with Crippen LogP contribution in [0, 0.1) is 56.2 Å². The summed E-state index contributed by atoms with van der Waals surface area (Å²) >= 11 is 0. The topological polar surface area (TPSA) is 123 Å². The Morgan fingerprint density at radius 3 is 2.38 bits per heavy atom. The van der Waals surface area contributed by atoms with E-state index in [-0.39, 0.29) is 64.0 Å². The molecule has 0 bridgehead atoms. The van der Waals surface area contributed by atoms with E-state index in [1.165, 1.54) is 5.57 Å². The maximum atomic E-state index is 14.2. The van der Waals surface area contributed by atoms with Crippen molar-refractivity contribution in [3.63, 3.8) is 0 Å². The highest BCUT2D eigenvalue weighted by Gasteiger charge is 2.71. The van der Waals surface area contributed by atoms with Gasteiger partial charge in [-0.2, -0.15) is 0 Å². The smallest absolute Gasteiger partial charge is 0.410 e. The number of nitrogens with zero attached hydrogens (tertiary/aromatic N) is 2. The molecule has 1 N–H and O–H groups in total. The molecule has 9 nitrogen and oxygen atoms in total. The monoisotopic (exact) mass is 730 g/mol. The number of fused-ring (bicyclic) bond motifs is 7. The van der Waals surface area contributed by atoms with Crippen molar-refractivity contribution < 1.29 is 33.8 Å². The molecule has 7 rings (SSSR count). The fourth-order valence-corrected chi connectivity index (χ4v) is 13.5. The van der Waals surface area contributed by atoms with Gasteiger partial charge >= 0.3 is 18.0 Å². The number of rotatable bonds is 8. The Morgan fingerprint density at radius 2 is 1.72 bits per heavy atom. The van der Waals surface area contributed by atoms with Gasteiger partial charge in [0.2, 0.25) is 0 Å². The summed E-state index contributed by atoms with van der Waals surface area (Å²) in [4.78, 5) is 58.7. The van der Waals surface area contributed by atoms with E-state index < -0.39 is 22.8 Å². The Labute approximate surface area is 316 Å². The number of amides is 1. The van der Waals surface area contributed by atoms with E-state index in [1.807, 2.05) is 18.2 Å². The quantitative estimate of drug-likeness (QED) is 0.264. The Kier molecular flexibility index (Phi) is 9.09. The highest BCUT2D eigenvalue weighted by Crippen LogP contribution is 2.77. The van der Waals surface area contributed by atoms with Crippen LogP contribution in [0.5, 0.6) is 0 Å². The zero-order valence-electron chi connectivity index (χ0n) is 33.5. The number of cyclic esters (lactones) is 1. The Bertz CT molecular complexity index is 1720. The molecule has 9 heteroatoms. The minimum atomic E-state index is -1.17. The SMILES string of the molecule is CC(C)C1=C2[C@H]3CC[C@@H]4[C@@]5(C)CC[C@H](OC(=O)CC(C)(C)C(=O)O)C(C)(C)[C@@H]5CC[C@@]4(C)[C@]3(C)CC[C@@]2([C@@H]2CN(Cc3ccccn3)C(=O)O2)CC1=O. The molecular weight excluding hydrogens is 668 g/mol. The van der Waals surface area contributed by atoms with E-state index in [2.05, 4.69) is 53.5 Å². The van der Waals surface area contributed by atoms with Gasteiger partial charge in [-0.3, -0.25) is 24.3 Å². The van der Waals surface area contributed by atoms with Crippen molar-refractivity contribution in [2.24, 2.45) is 56.2 Å². The van der Waals surface area contributed by atoms with Gasteiger partial charge in [0.05, 0.1) is 30.6 Å². The van der Waals surface area contributed by atoms with Gasteiger partial charge in [-0.1, -0.05) is 54.5 Å². The number of carboxylic acids is 1. The molecule has 0 spiro atoms. The third-order valence-electron chi connectivity index (χ3n) is 16.4. The number of allylic oxidation sites excluding steroid dienone is 1. The van der Waals surface area contributed by atoms with E-state index in [0.29, 0.717) is 31.3 Å². The number of Topliss-reactive ketones (excluding diaryl/α,β-unsaturated/α-hetero) is 1. The van der Waals surface area contributed by atoms with Gasteiger partial charge in [-0.25, -0.2) is 4.79 Å². The fourth-order valence-electron chi connectivity index (χ4n) is 13.5. The van der Waals surface area contributed by atoms with E-state index in [1.54, 1.807) is 24.9 Å². The summed E-state index contributed by atoms with van der Waals surface area (Å²) in [5.74, 6) is -0.00537. The number of carbonyl (C=O) groups excluding carboxylic acids is 3. The fraction of sp³-hybridized carbons (Fsp3) is 0.750. The predicted molar refractivity (Wildman–Crippen MR) is 200 cm³/mol. The second-order valence-corrected chi connectivity index (χ2v) is 20.1. The molecule has 9 atom stereocenters. The van der Waals surface area contributed by atoms with Crippen LogP contribution in [-0.2, 0) is 30.4 Å². The van der Waals surface area contributed by atoms with Crippen LogP contribution in [-0.4, -0.2) is 57.6 Å². The van der Waals surface area contributed by atoms with Crippen LogP contribution in [0.2, 0.25) is 0 Å². The molecule has 2 heterocycles. The van der Waals surface area contributed by atoms with Gasteiger partial charge in [0.1, 0.15) is 12.2 Å². The Balaban J connectivity index is 1.17. The first kappa shape index (κ1) is 38.1. The molecule has 1 aliphatic heterocycles. The first-order valence-corrected chi connectivity index (χ1v) is 20.3. The van der Waals surface area contributed by atoms with Crippen LogP contribution in [0.4, 0.5) is 4.79 Å². The van der Waals surface area contributed by atoms with Gasteiger partial charge in [-0.15, -0.1) is 0 Å². The first-order chi connectivity index (χ1) is 24.7. The molecule has 0 radical (unpaired) electrons. The third kappa shape index (κ3) is 5.62. The maximum Gasteiger partial charge on any atom is 0.410 e. The average molecular weight is 731 g/mol. The lowest BCUT2D eigenvalue weighted by Crippen LogP contribution is -2.66. The number of carboxylic acid groups (broad SMARTS) is 1. The average Bonchev–Trinajstić information content (AvgIpc) is 3.59. The van der Waals surface area contributed by atoms with Crippen molar-refractivity contribution in [1.82, 2.24) is 9.88 Å². The minimum Gasteiger partial charge on any atom is -0.481 e. The number of aromatic nitrogens is 1. The minimum absolute atomic E-state index is 0.0282. The van der Waals surface area contributed by atoms with Gasteiger partial charge < -0.3 is 14.6 Å². The molecule has 1 aromatic rings. The number of ether oxygens (including phenoxy) is 2. The van der Waals surface area contributed by atoms with E-state index in [9.17, 15) is 24.3 Å². The number of hydrogen-bond acceptors (Lipinski definition) is 7. The summed E-state index contributed by atoms with van der Waals surface area (Å²) < 4.78 is 12.5. The largest absolute Gasteiger partial charge is 0.481 e. The molecule has 0 unspecified atom stereocenters. The van der Waals surface area contributed by atoms with E-state index >= 15 is 0 Å². The number of pyridine rings is 1. The van der Waals surface area contributed by atoms with Gasteiger partial charge in [0.25, 0.3) is 0 Å². The van der Waals surface area contributed by atoms with Crippen LogP contribution in [0.25, 0.3) is 0 Å². The van der Waals surface area contributed by atoms with Crippen LogP contribution < -0.4 is 0 Å². The highest BCUT2D eigenvalue weighted by atomic mass is 16.6. The van der Waals surface area contributed by atoms with Crippen LogP contribution >= 0.6 is 0 Å². The molecule has 5 fully saturated rings. The van der Waals surface area contributed by atoms with E-state index in [4.69, 9.17) is 9.47 Å². The molecule has 5 aliphatic carbocycles. The second kappa shape index (κ2) is 12.7. The van der Waals surface area contributed by atoms with Crippen molar-refractivity contribution >= 4 is 23.8 Å². The number of esters is 1. The Morgan fingerprint density at radius 1 is 0.981 bits per heavy atom. The lowest BCUT2D eigenvalue weighted by Gasteiger charge is -2.72. The first-order valence-electron chi connectivity index (χ1n) is 20.3. The van der Waals surface area contributed by atoms with Crippen molar-refractivity contribution in [3.05, 3.63) is 41.2 Å². The van der Waals surface area contributed by atoms with E-state index in [0.717, 1.165) is 62.6 Å². The normalized spacial score (nSPS) is 39.2. The molecule has 290 valence electrons. The maximum absolute atomic E-state index is 14.2. The zero-order chi connectivity index (χ0) is 38.5. The van der Waals surface area contributed by atoms with Gasteiger partial charge in [0.15, 0.2) is 5.78 Å². The Hall–Kier alpha value is -3.23. The van der Waals surface area contributed by atoms with Crippen LogP contribution in [0.15, 0.2) is 35.5 Å². The number of aliphatic carboxylic acids is 1. The van der Waals surface area contributed by atoms with Gasteiger partial charge in [-0.05, 0) is 128 Å². The molecule has 4 saturated carbocycles. The molecule has 1 amide bonds. The molecule has 53 heavy (non-hydrogen) atoms. The van der Waals surface area contributed by atoms with Crippen molar-refractivity contribution in [2.45, 2.75) is 145 Å². The molecule has 1 aromatic heterocycles.